The number of thiol groups is 1. The summed E-state index contributed by atoms with van der Waals surface area (Å²) in [7, 11) is 0. The molecule has 8 heavy (non-hydrogen) atoms. The molecule has 0 rings (SSSR count). The van der Waals surface area contributed by atoms with Gasteiger partial charge in [-0.2, -0.15) is 0 Å². The van der Waals surface area contributed by atoms with Crippen LogP contribution in [0.25, 0.3) is 0 Å². The van der Waals surface area contributed by atoms with Crippen molar-refractivity contribution < 1.29 is 19.5 Å². The third kappa shape index (κ3) is 16.8. The predicted octanol–water partition coefficient (Wildman–Crippen LogP) is 0.813. The van der Waals surface area contributed by atoms with E-state index in [4.69, 9.17) is 5.73 Å². The second-order valence-corrected chi connectivity index (χ2v) is 2.97. The first kappa shape index (κ1) is 15.7. The van der Waals surface area contributed by atoms with Crippen LogP contribution in [0.5, 0.6) is 0 Å². The molecule has 0 bridgehead atoms. The summed E-state index contributed by atoms with van der Waals surface area (Å²) in [5.41, 5.74) is 5.10. The molecule has 0 aromatic rings. The molecule has 4 heteroatoms. The van der Waals surface area contributed by atoms with E-state index in [2.05, 4.69) is 12.6 Å². The van der Waals surface area contributed by atoms with Gasteiger partial charge < -0.3 is 5.73 Å². The first-order chi connectivity index (χ1) is 2.56. The fraction of sp³-hybridized carbons (Fsp3) is 0.750. The minimum Gasteiger partial charge on any atom is -0.482 e. The molecule has 0 heterocycles. The summed E-state index contributed by atoms with van der Waals surface area (Å²) in [6.45, 7) is 5.41. The number of nitrogens with two attached hydrogens (primary N) is 1. The Bertz CT molecular complexity index is 45.8. The van der Waals surface area contributed by atoms with Gasteiger partial charge in [0, 0.05) is 19.5 Å². The Kier molecular flexibility index (Phi) is 9.95. The van der Waals surface area contributed by atoms with E-state index in [0.29, 0.717) is 0 Å². The van der Waals surface area contributed by atoms with Gasteiger partial charge in [-0.1, -0.05) is 13.8 Å². The van der Waals surface area contributed by atoms with Crippen LogP contribution in [-0.4, -0.2) is 4.75 Å². The molecule has 2 N–H and O–H groups in total. The van der Waals surface area contributed by atoms with Crippen LogP contribution in [0.2, 0.25) is 0 Å². The van der Waals surface area contributed by atoms with Crippen molar-refractivity contribution in [3.63, 3.8) is 0 Å². The Morgan fingerprint density at radius 3 is 1.62 bits per heavy atom. The van der Waals surface area contributed by atoms with Gasteiger partial charge in [0.2, 0.25) is 0 Å². The summed E-state index contributed by atoms with van der Waals surface area (Å²) in [6, 6.07) is 0. The molecule has 0 saturated heterocycles. The van der Waals surface area contributed by atoms with E-state index in [1.54, 1.807) is 6.54 Å². The van der Waals surface area contributed by atoms with Gasteiger partial charge in [0.1, 0.15) is 0 Å². The molecule has 0 aliphatic heterocycles. The summed E-state index contributed by atoms with van der Waals surface area (Å²) >= 11 is 4.07. The third-order valence-corrected chi connectivity index (χ3v) is 0.557. The summed E-state index contributed by atoms with van der Waals surface area (Å²) in [4.78, 5) is 0. The molecule has 0 unspecified atom stereocenters. The zero-order valence-corrected chi connectivity index (χ0v) is 14.1. The average molecular weight is 474 g/mol. The maximum atomic E-state index is 5.10. The topological polar surface area (TPSA) is 26.0 Å². The van der Waals surface area contributed by atoms with Gasteiger partial charge in [-0.25, -0.2) is 12.6 Å². The summed E-state index contributed by atoms with van der Waals surface area (Å²) in [5, 5.41) is 0. The molecule has 0 fully saturated rings. The molecule has 0 aliphatic rings. The van der Waals surface area contributed by atoms with Crippen molar-refractivity contribution in [1.82, 2.24) is 0 Å². The van der Waals surface area contributed by atoms with Crippen molar-refractivity contribution in [2.45, 2.75) is 18.6 Å². The first-order valence-corrected chi connectivity index (χ1v) is 2.29. The van der Waals surface area contributed by atoms with Gasteiger partial charge >= 0.3 is 0 Å². The normalized spacial score (nSPS) is 9.00. The van der Waals surface area contributed by atoms with Crippen molar-refractivity contribution in [3.8, 4) is 0 Å². The van der Waals surface area contributed by atoms with Crippen LogP contribution in [0.15, 0.2) is 0 Å². The van der Waals surface area contributed by atoms with Crippen molar-refractivity contribution in [1.29, 1.82) is 0 Å². The van der Waals surface area contributed by atoms with Crippen molar-refractivity contribution in [2.75, 3.05) is 0 Å². The maximum Gasteiger partial charge on any atom is 0 e. The number of hydrogen-bond acceptors (Lipinski definition) is 2. The average Bonchev–Trinajstić information content (AvgIpc) is 1.35. The molecular formula is C4H10NRfRhS-. The van der Waals surface area contributed by atoms with Crippen molar-refractivity contribution >= 4 is 12.6 Å². The largest absolute Gasteiger partial charge is 0.482 e. The Labute approximate surface area is 63.2 Å². The SMILES string of the molecule is CC(C)(S)[CH-]N.[Rf].[Rh]. The molecule has 1 radical (unpaired) electrons. The Morgan fingerprint density at radius 1 is 1.50 bits per heavy atom. The van der Waals surface area contributed by atoms with Crippen molar-refractivity contribution in [2.24, 2.45) is 5.73 Å². The number of hydrogen-bond donors (Lipinski definition) is 2. The summed E-state index contributed by atoms with van der Waals surface area (Å²) < 4.78 is -0.111. The first-order valence-electron chi connectivity index (χ1n) is 1.85. The minimum absolute atomic E-state index is 0. The van der Waals surface area contributed by atoms with Crippen LogP contribution < -0.4 is 5.73 Å². The van der Waals surface area contributed by atoms with Crippen LogP contribution in [0.3, 0.4) is 0 Å². The monoisotopic (exact) mass is 474 g/mol. The zero-order chi connectivity index (χ0) is 5.21. The van der Waals surface area contributed by atoms with Crippen LogP contribution >= 0.6 is 12.6 Å². The molecular weight excluding hydrogens is 464 g/mol. The molecule has 0 aromatic carbocycles. The second kappa shape index (κ2) is 5.08. The third-order valence-electron chi connectivity index (χ3n) is 0.408. The number of rotatable bonds is 1. The van der Waals surface area contributed by atoms with E-state index in [9.17, 15) is 0 Å². The zero-order valence-electron chi connectivity index (χ0n) is 5.14. The van der Waals surface area contributed by atoms with Crippen LogP contribution in [0, 0.1) is 6.54 Å². The molecule has 0 atom stereocenters. The van der Waals surface area contributed by atoms with Gasteiger partial charge in [-0.15, -0.1) is 4.75 Å². The Morgan fingerprint density at radius 2 is 1.62 bits per heavy atom. The standard InChI is InChI=1S/C4H10NS.Rf.Rh/c1-4(2,6)3-5;;/h3,6H,5H2,1-2H3;;/q-1;;. The Balaban J connectivity index is -0.000000125. The molecule has 0 aromatic heterocycles. The van der Waals surface area contributed by atoms with E-state index >= 15 is 0 Å². The second-order valence-electron chi connectivity index (χ2n) is 1.82. The molecule has 0 amide bonds. The van der Waals surface area contributed by atoms with E-state index in [1.807, 2.05) is 13.8 Å². The van der Waals surface area contributed by atoms with Gasteiger partial charge in [0.25, 0.3) is 0 Å². The molecule has 0 saturated carbocycles. The quantitative estimate of drug-likeness (QED) is 0.329. The molecule has 1 nitrogen and oxygen atoms in total. The molecule has 0 spiro atoms. The van der Waals surface area contributed by atoms with E-state index < -0.39 is 0 Å². The van der Waals surface area contributed by atoms with Crippen LogP contribution in [0.4, 0.5) is 0 Å². The van der Waals surface area contributed by atoms with Gasteiger partial charge in [0.15, 0.2) is 0 Å². The van der Waals surface area contributed by atoms with Crippen LogP contribution in [-0.2, 0) is 19.5 Å². The van der Waals surface area contributed by atoms with Gasteiger partial charge in [0.05, 0.1) is 0 Å². The maximum absolute atomic E-state index is 5.10. The van der Waals surface area contributed by atoms with E-state index in [-0.39, 0.29) is 24.2 Å². The van der Waals surface area contributed by atoms with E-state index in [1.165, 1.54) is 0 Å². The molecule has 0 aliphatic carbocycles. The van der Waals surface area contributed by atoms with E-state index in [0.717, 1.165) is 0 Å². The van der Waals surface area contributed by atoms with Crippen molar-refractivity contribution in [3.05, 3.63) is 6.54 Å². The minimum atomic E-state index is -0.111. The molecule has 49 valence electrons. The fourth-order valence-electron chi connectivity index (χ4n) is 0. The fourth-order valence-corrected chi connectivity index (χ4v) is 0. The van der Waals surface area contributed by atoms with Gasteiger partial charge in [-0.05, 0) is 0 Å². The van der Waals surface area contributed by atoms with Gasteiger partial charge in [-0.3, -0.25) is 6.54 Å². The smallest absolute Gasteiger partial charge is 0 e. The predicted molar refractivity (Wildman–Crippen MR) is 31.6 cm³/mol. The van der Waals surface area contributed by atoms with Crippen LogP contribution in [0.1, 0.15) is 13.8 Å². The summed E-state index contributed by atoms with van der Waals surface area (Å²) in [6.07, 6.45) is 0. The summed E-state index contributed by atoms with van der Waals surface area (Å²) in [5.74, 6) is 0. The Hall–Kier alpha value is -0.0666.